The van der Waals surface area contributed by atoms with Gasteiger partial charge in [0.25, 0.3) is 0 Å². The molecule has 13 heavy (non-hydrogen) atoms. The van der Waals surface area contributed by atoms with Crippen molar-refractivity contribution in [1.82, 2.24) is 0 Å². The number of para-hydroxylation sites is 1. The highest BCUT2D eigenvalue weighted by Gasteiger charge is 2.02. The summed E-state index contributed by atoms with van der Waals surface area (Å²) >= 11 is 0. The number of hydrogen-bond acceptors (Lipinski definition) is 2. The van der Waals surface area contributed by atoms with Gasteiger partial charge in [-0.25, -0.2) is 4.39 Å². The molecule has 1 aromatic rings. The van der Waals surface area contributed by atoms with E-state index in [9.17, 15) is 9.50 Å². The third-order valence-electron chi connectivity index (χ3n) is 1.83. The van der Waals surface area contributed by atoms with Crippen molar-refractivity contribution in [2.75, 3.05) is 6.54 Å². The lowest BCUT2D eigenvalue weighted by molar-refractivity contribution is 0.469. The molecular formula is C10H12FNO. The van der Waals surface area contributed by atoms with E-state index in [2.05, 4.69) is 0 Å². The van der Waals surface area contributed by atoms with Crippen molar-refractivity contribution in [3.8, 4) is 5.75 Å². The van der Waals surface area contributed by atoms with E-state index in [1.807, 2.05) is 0 Å². The second-order valence-electron chi connectivity index (χ2n) is 2.78. The summed E-state index contributed by atoms with van der Waals surface area (Å²) in [7, 11) is 0. The molecule has 0 aromatic heterocycles. The third-order valence-corrected chi connectivity index (χ3v) is 1.83. The molecule has 3 heteroatoms. The first-order valence-electron chi connectivity index (χ1n) is 4.03. The molecule has 70 valence electrons. The molecule has 0 saturated carbocycles. The molecule has 0 saturated heterocycles. The Morgan fingerprint density at radius 2 is 2.15 bits per heavy atom. The summed E-state index contributed by atoms with van der Waals surface area (Å²) in [4.78, 5) is 0. The van der Waals surface area contributed by atoms with Crippen LogP contribution in [0.4, 0.5) is 4.39 Å². The Morgan fingerprint density at radius 3 is 2.69 bits per heavy atom. The summed E-state index contributed by atoms with van der Waals surface area (Å²) in [5.74, 6) is 0.176. The monoisotopic (exact) mass is 181 g/mol. The lowest BCUT2D eigenvalue weighted by atomic mass is 10.1. The standard InChI is InChI=1S/C10H12FNO/c11-6-8(7-12)5-9-3-1-2-4-10(9)13/h1-4,6,13H,5,7,12H2/b8-6+. The van der Waals surface area contributed by atoms with Gasteiger partial charge in [0.2, 0.25) is 0 Å². The Labute approximate surface area is 76.5 Å². The van der Waals surface area contributed by atoms with Gasteiger partial charge in [-0.15, -0.1) is 0 Å². The Bertz CT molecular complexity index is 310. The molecule has 0 bridgehead atoms. The maximum Gasteiger partial charge on any atom is 0.119 e. The molecule has 0 aliphatic heterocycles. The minimum atomic E-state index is 0.171. The summed E-state index contributed by atoms with van der Waals surface area (Å²) in [6.07, 6.45) is 0.853. The Balaban J connectivity index is 2.80. The first kappa shape index (κ1) is 9.74. The van der Waals surface area contributed by atoms with Crippen LogP contribution < -0.4 is 5.73 Å². The molecule has 0 fully saturated rings. The largest absolute Gasteiger partial charge is 0.508 e. The highest BCUT2D eigenvalue weighted by Crippen LogP contribution is 2.18. The van der Waals surface area contributed by atoms with Gasteiger partial charge in [-0.2, -0.15) is 0 Å². The summed E-state index contributed by atoms with van der Waals surface area (Å²) in [5, 5.41) is 9.36. The molecule has 1 aromatic carbocycles. The van der Waals surface area contributed by atoms with Crippen LogP contribution in [-0.4, -0.2) is 11.7 Å². The van der Waals surface area contributed by atoms with Gasteiger partial charge >= 0.3 is 0 Å². The van der Waals surface area contributed by atoms with Gasteiger partial charge in [-0.05, 0) is 17.2 Å². The smallest absolute Gasteiger partial charge is 0.119 e. The Morgan fingerprint density at radius 1 is 1.46 bits per heavy atom. The van der Waals surface area contributed by atoms with E-state index in [-0.39, 0.29) is 12.3 Å². The third kappa shape index (κ3) is 2.56. The fourth-order valence-corrected chi connectivity index (χ4v) is 1.06. The van der Waals surface area contributed by atoms with E-state index in [1.165, 1.54) is 0 Å². The van der Waals surface area contributed by atoms with Gasteiger partial charge in [-0.3, -0.25) is 0 Å². The van der Waals surface area contributed by atoms with Gasteiger partial charge in [0.1, 0.15) is 5.75 Å². The molecule has 0 heterocycles. The fourth-order valence-electron chi connectivity index (χ4n) is 1.06. The zero-order valence-electron chi connectivity index (χ0n) is 7.20. The van der Waals surface area contributed by atoms with Crippen LogP contribution >= 0.6 is 0 Å². The van der Waals surface area contributed by atoms with Crippen LogP contribution in [0.25, 0.3) is 0 Å². The number of phenolic OH excluding ortho intramolecular Hbond substituents is 1. The van der Waals surface area contributed by atoms with Crippen LogP contribution in [0, 0.1) is 0 Å². The van der Waals surface area contributed by atoms with Gasteiger partial charge in [-0.1, -0.05) is 18.2 Å². The average molecular weight is 181 g/mol. The molecule has 0 unspecified atom stereocenters. The molecular weight excluding hydrogens is 169 g/mol. The molecule has 0 aliphatic carbocycles. The van der Waals surface area contributed by atoms with Crippen molar-refractivity contribution in [3.63, 3.8) is 0 Å². The molecule has 0 aliphatic rings. The zero-order chi connectivity index (χ0) is 9.68. The second-order valence-corrected chi connectivity index (χ2v) is 2.78. The van der Waals surface area contributed by atoms with Crippen LogP contribution in [-0.2, 0) is 6.42 Å². The predicted molar refractivity (Wildman–Crippen MR) is 50.1 cm³/mol. The number of nitrogens with two attached hydrogens (primary N) is 1. The van der Waals surface area contributed by atoms with Crippen molar-refractivity contribution in [2.45, 2.75) is 6.42 Å². The van der Waals surface area contributed by atoms with Crippen molar-refractivity contribution < 1.29 is 9.50 Å². The fraction of sp³-hybridized carbons (Fsp3) is 0.200. The Hall–Kier alpha value is -1.35. The molecule has 0 atom stereocenters. The first-order valence-corrected chi connectivity index (χ1v) is 4.03. The van der Waals surface area contributed by atoms with Gasteiger partial charge < -0.3 is 10.8 Å². The molecule has 3 N–H and O–H groups in total. The minimum Gasteiger partial charge on any atom is -0.508 e. The maximum absolute atomic E-state index is 12.2. The van der Waals surface area contributed by atoms with Crippen LogP contribution in [0.3, 0.4) is 0 Å². The van der Waals surface area contributed by atoms with E-state index in [0.29, 0.717) is 23.9 Å². The topological polar surface area (TPSA) is 46.2 Å². The number of rotatable bonds is 3. The van der Waals surface area contributed by atoms with E-state index in [4.69, 9.17) is 5.73 Å². The lowest BCUT2D eigenvalue weighted by Gasteiger charge is -2.04. The minimum absolute atomic E-state index is 0.171. The van der Waals surface area contributed by atoms with Gasteiger partial charge in [0, 0.05) is 13.0 Å². The average Bonchev–Trinajstić information content (AvgIpc) is 2.17. The van der Waals surface area contributed by atoms with Crippen molar-refractivity contribution in [2.24, 2.45) is 5.73 Å². The summed E-state index contributed by atoms with van der Waals surface area (Å²) in [6, 6.07) is 6.83. The Kier molecular flexibility index (Phi) is 3.46. The normalized spacial score (nSPS) is 11.7. The number of phenols is 1. The molecule has 2 nitrogen and oxygen atoms in total. The summed E-state index contributed by atoms with van der Waals surface area (Å²) < 4.78 is 12.2. The summed E-state index contributed by atoms with van der Waals surface area (Å²) in [6.45, 7) is 0.171. The van der Waals surface area contributed by atoms with Crippen molar-refractivity contribution in [3.05, 3.63) is 41.7 Å². The highest BCUT2D eigenvalue weighted by atomic mass is 19.1. The predicted octanol–water partition coefficient (Wildman–Crippen LogP) is 1.75. The van der Waals surface area contributed by atoms with E-state index >= 15 is 0 Å². The second kappa shape index (κ2) is 4.62. The van der Waals surface area contributed by atoms with Crippen molar-refractivity contribution in [1.29, 1.82) is 0 Å². The summed E-state index contributed by atoms with van der Waals surface area (Å²) in [5.41, 5.74) is 6.46. The van der Waals surface area contributed by atoms with E-state index < -0.39 is 0 Å². The molecule has 1 rings (SSSR count). The quantitative estimate of drug-likeness (QED) is 0.746. The highest BCUT2D eigenvalue weighted by molar-refractivity contribution is 5.34. The van der Waals surface area contributed by atoms with Crippen LogP contribution in [0.2, 0.25) is 0 Å². The maximum atomic E-state index is 12.2. The van der Waals surface area contributed by atoms with Crippen LogP contribution in [0.15, 0.2) is 36.2 Å². The van der Waals surface area contributed by atoms with Crippen LogP contribution in [0.5, 0.6) is 5.75 Å². The number of halogens is 1. The molecule has 0 amide bonds. The van der Waals surface area contributed by atoms with E-state index in [0.717, 1.165) is 0 Å². The SMILES string of the molecule is NC/C(=C/F)Cc1ccccc1O. The molecule has 0 spiro atoms. The van der Waals surface area contributed by atoms with E-state index in [1.54, 1.807) is 24.3 Å². The lowest BCUT2D eigenvalue weighted by Crippen LogP contribution is -2.05. The first-order chi connectivity index (χ1) is 6.27. The van der Waals surface area contributed by atoms with Crippen molar-refractivity contribution >= 4 is 0 Å². The number of benzene rings is 1. The number of aromatic hydroxyl groups is 1. The van der Waals surface area contributed by atoms with Gasteiger partial charge in [0.15, 0.2) is 0 Å². The zero-order valence-corrected chi connectivity index (χ0v) is 7.20. The van der Waals surface area contributed by atoms with Crippen LogP contribution in [0.1, 0.15) is 5.56 Å². The molecule has 0 radical (unpaired) electrons. The number of hydrogen-bond donors (Lipinski definition) is 2. The van der Waals surface area contributed by atoms with Gasteiger partial charge in [0.05, 0.1) is 6.33 Å².